The number of rotatable bonds is 7. The van der Waals surface area contributed by atoms with Gasteiger partial charge in [0.1, 0.15) is 5.54 Å². The topological polar surface area (TPSA) is 115 Å². The number of nitrogens with zero attached hydrogens (tertiary/aromatic N) is 1. The Morgan fingerprint density at radius 3 is 2.60 bits per heavy atom. The minimum Gasteiger partial charge on any atom is -0.394 e. The summed E-state index contributed by atoms with van der Waals surface area (Å²) in [5.74, 6) is -0.583. The summed E-state index contributed by atoms with van der Waals surface area (Å²) in [5, 5.41) is 35.7. The summed E-state index contributed by atoms with van der Waals surface area (Å²) < 4.78 is 0. The number of carbonyl (C=O) groups excluding carboxylic acids is 1. The molecule has 1 amide bonds. The van der Waals surface area contributed by atoms with E-state index in [0.29, 0.717) is 16.3 Å². The first-order valence-corrected chi connectivity index (χ1v) is 7.95. The van der Waals surface area contributed by atoms with E-state index in [1.165, 1.54) is 18.5 Å². The van der Waals surface area contributed by atoms with Crippen LogP contribution in [0.3, 0.4) is 0 Å². The monoisotopic (exact) mass is 365 g/mol. The van der Waals surface area contributed by atoms with Crippen molar-refractivity contribution in [3.63, 3.8) is 0 Å². The molecule has 1 aromatic heterocycles. The van der Waals surface area contributed by atoms with Crippen LogP contribution in [0.2, 0.25) is 5.02 Å². The first kappa shape index (κ1) is 19.1. The van der Waals surface area contributed by atoms with Gasteiger partial charge in [0.05, 0.1) is 18.8 Å². The van der Waals surface area contributed by atoms with E-state index in [2.05, 4.69) is 15.6 Å². The lowest BCUT2D eigenvalue weighted by Crippen LogP contribution is -2.64. The molecule has 1 atom stereocenters. The molecule has 0 fully saturated rings. The molecule has 5 N–H and O–H groups in total. The fourth-order valence-corrected chi connectivity index (χ4v) is 2.39. The molecule has 1 unspecified atom stereocenters. The molecule has 0 aliphatic heterocycles. The summed E-state index contributed by atoms with van der Waals surface area (Å²) in [6.07, 6.45) is 1.39. The lowest BCUT2D eigenvalue weighted by atomic mass is 9.98. The van der Waals surface area contributed by atoms with Gasteiger partial charge in [0.15, 0.2) is 6.23 Å². The van der Waals surface area contributed by atoms with Crippen LogP contribution < -0.4 is 10.6 Å². The summed E-state index contributed by atoms with van der Waals surface area (Å²) in [4.78, 5) is 16.2. The quantitative estimate of drug-likeness (QED) is 0.466. The Balaban J connectivity index is 2.22. The van der Waals surface area contributed by atoms with Gasteiger partial charge in [-0.3, -0.25) is 9.78 Å². The molecule has 25 heavy (non-hydrogen) atoms. The van der Waals surface area contributed by atoms with E-state index < -0.39 is 30.9 Å². The van der Waals surface area contributed by atoms with Crippen molar-refractivity contribution in [2.45, 2.75) is 18.7 Å². The van der Waals surface area contributed by atoms with E-state index in [9.17, 15) is 20.1 Å². The van der Waals surface area contributed by atoms with E-state index >= 15 is 0 Å². The van der Waals surface area contributed by atoms with Crippen molar-refractivity contribution in [1.82, 2.24) is 10.3 Å². The number of aliphatic hydroxyl groups is 3. The molecule has 0 radical (unpaired) electrons. The Morgan fingerprint density at radius 1 is 1.28 bits per heavy atom. The Labute approximate surface area is 150 Å². The molecule has 1 aromatic carbocycles. The van der Waals surface area contributed by atoms with Crippen LogP contribution in [0.25, 0.3) is 0 Å². The number of aliphatic hydroxyl groups excluding tert-OH is 3. The van der Waals surface area contributed by atoms with Gasteiger partial charge in [0, 0.05) is 23.1 Å². The maximum atomic E-state index is 12.3. The van der Waals surface area contributed by atoms with Gasteiger partial charge in [-0.2, -0.15) is 0 Å². The third-order valence-corrected chi connectivity index (χ3v) is 4.34. The smallest absolute Gasteiger partial charge is 0.253 e. The molecule has 1 heterocycles. The van der Waals surface area contributed by atoms with Crippen LogP contribution in [0.4, 0.5) is 5.69 Å². The second-order valence-electron chi connectivity index (χ2n) is 5.63. The van der Waals surface area contributed by atoms with Gasteiger partial charge >= 0.3 is 0 Å². The second-order valence-corrected chi connectivity index (χ2v) is 6.03. The first-order chi connectivity index (χ1) is 11.9. The van der Waals surface area contributed by atoms with E-state index in [4.69, 9.17) is 11.6 Å². The standard InChI is InChI=1S/C17H20ClN3O4/c1-11-13(18)5-2-6-14(11)20-16(25)17(9-22,10-23)21-15(24)12-4-3-7-19-8-12/h2-8,16,20,22-23,25H,9-10H2,1H3,(H,21,24). The van der Waals surface area contributed by atoms with Crippen molar-refractivity contribution in [3.05, 3.63) is 58.9 Å². The molecule has 7 nitrogen and oxygen atoms in total. The number of hydrogen-bond acceptors (Lipinski definition) is 6. The number of aromatic nitrogens is 1. The average molecular weight is 366 g/mol. The Morgan fingerprint density at radius 2 is 2.00 bits per heavy atom. The predicted molar refractivity (Wildman–Crippen MR) is 94.4 cm³/mol. The summed E-state index contributed by atoms with van der Waals surface area (Å²) in [6.45, 7) is 0.373. The molecule has 0 aliphatic carbocycles. The molecule has 0 bridgehead atoms. The third-order valence-electron chi connectivity index (χ3n) is 3.93. The van der Waals surface area contributed by atoms with Crippen LogP contribution >= 0.6 is 11.6 Å². The lowest BCUT2D eigenvalue weighted by molar-refractivity contribution is -0.000179. The maximum Gasteiger partial charge on any atom is 0.253 e. The van der Waals surface area contributed by atoms with Crippen LogP contribution in [-0.4, -0.2) is 51.2 Å². The van der Waals surface area contributed by atoms with E-state index in [1.54, 1.807) is 31.2 Å². The highest BCUT2D eigenvalue weighted by Gasteiger charge is 2.39. The zero-order valence-electron chi connectivity index (χ0n) is 13.6. The SMILES string of the molecule is Cc1c(Cl)cccc1NC(O)C(CO)(CO)NC(=O)c1cccnc1. The molecule has 8 heteroatoms. The first-order valence-electron chi connectivity index (χ1n) is 7.57. The van der Waals surface area contributed by atoms with Crippen molar-refractivity contribution >= 4 is 23.2 Å². The second kappa shape index (κ2) is 8.26. The molecule has 0 spiro atoms. The normalized spacial score (nSPS) is 12.5. The number of halogens is 1. The van der Waals surface area contributed by atoms with Gasteiger partial charge in [-0.15, -0.1) is 0 Å². The van der Waals surface area contributed by atoms with E-state index in [-0.39, 0.29) is 5.56 Å². The highest BCUT2D eigenvalue weighted by molar-refractivity contribution is 6.31. The minimum absolute atomic E-state index is 0.236. The fraction of sp³-hybridized carbons (Fsp3) is 0.294. The molecule has 134 valence electrons. The van der Waals surface area contributed by atoms with Gasteiger partial charge in [-0.25, -0.2) is 0 Å². The van der Waals surface area contributed by atoms with Crippen LogP contribution in [-0.2, 0) is 0 Å². The molecular formula is C17H20ClN3O4. The molecule has 2 rings (SSSR count). The zero-order chi connectivity index (χ0) is 18.4. The average Bonchev–Trinajstić information content (AvgIpc) is 2.64. The number of carbonyl (C=O) groups is 1. The number of pyridine rings is 1. The molecule has 2 aromatic rings. The van der Waals surface area contributed by atoms with E-state index in [1.807, 2.05) is 0 Å². The summed E-state index contributed by atoms with van der Waals surface area (Å²) in [7, 11) is 0. The van der Waals surface area contributed by atoms with Crippen molar-refractivity contribution in [3.8, 4) is 0 Å². The van der Waals surface area contributed by atoms with Gasteiger partial charge < -0.3 is 26.0 Å². The summed E-state index contributed by atoms with van der Waals surface area (Å²) in [5.41, 5.74) is -0.268. The number of nitrogens with one attached hydrogen (secondary N) is 2. The highest BCUT2D eigenvalue weighted by atomic mass is 35.5. The van der Waals surface area contributed by atoms with Gasteiger partial charge in [0.2, 0.25) is 0 Å². The van der Waals surface area contributed by atoms with Crippen LogP contribution in [0, 0.1) is 6.92 Å². The van der Waals surface area contributed by atoms with Crippen LogP contribution in [0.5, 0.6) is 0 Å². The Bertz CT molecular complexity index is 723. The fourth-order valence-electron chi connectivity index (χ4n) is 2.21. The zero-order valence-corrected chi connectivity index (χ0v) is 14.4. The third kappa shape index (κ3) is 4.26. The number of hydrogen-bond donors (Lipinski definition) is 5. The number of anilines is 1. The van der Waals surface area contributed by atoms with Crippen LogP contribution in [0.15, 0.2) is 42.7 Å². The number of amides is 1. The largest absolute Gasteiger partial charge is 0.394 e. The van der Waals surface area contributed by atoms with E-state index in [0.717, 1.165) is 0 Å². The van der Waals surface area contributed by atoms with Gasteiger partial charge in [-0.1, -0.05) is 17.7 Å². The minimum atomic E-state index is -1.71. The van der Waals surface area contributed by atoms with Gasteiger partial charge in [0.25, 0.3) is 5.91 Å². The summed E-state index contributed by atoms with van der Waals surface area (Å²) >= 11 is 6.05. The highest BCUT2D eigenvalue weighted by Crippen LogP contribution is 2.25. The maximum absolute atomic E-state index is 12.3. The molecule has 0 saturated heterocycles. The van der Waals surface area contributed by atoms with Gasteiger partial charge in [-0.05, 0) is 36.8 Å². The van der Waals surface area contributed by atoms with Crippen molar-refractivity contribution in [2.75, 3.05) is 18.5 Å². The van der Waals surface area contributed by atoms with Crippen LogP contribution in [0.1, 0.15) is 15.9 Å². The Hall–Kier alpha value is -2.19. The van der Waals surface area contributed by atoms with Crippen molar-refractivity contribution in [2.24, 2.45) is 0 Å². The van der Waals surface area contributed by atoms with Crippen molar-refractivity contribution < 1.29 is 20.1 Å². The Kier molecular flexibility index (Phi) is 6.33. The lowest BCUT2D eigenvalue weighted by Gasteiger charge is -2.36. The summed E-state index contributed by atoms with van der Waals surface area (Å²) in [6, 6.07) is 8.19. The molecular weight excluding hydrogens is 346 g/mol. The van der Waals surface area contributed by atoms with Crippen molar-refractivity contribution in [1.29, 1.82) is 0 Å². The number of benzene rings is 1. The molecule has 0 saturated carbocycles. The molecule has 0 aliphatic rings. The predicted octanol–water partition coefficient (Wildman–Crippen LogP) is 0.927.